The number of urea groups is 1. The summed E-state index contributed by atoms with van der Waals surface area (Å²) in [6.07, 6.45) is 0. The van der Waals surface area contributed by atoms with E-state index < -0.39 is 11.9 Å². The Morgan fingerprint density at radius 3 is 2.47 bits per heavy atom. The van der Waals surface area contributed by atoms with Crippen molar-refractivity contribution < 1.29 is 9.59 Å². The van der Waals surface area contributed by atoms with Gasteiger partial charge in [-0.2, -0.15) is 5.26 Å². The fourth-order valence-electron chi connectivity index (χ4n) is 1.26. The number of nitrogens with one attached hydrogen (secondary N) is 1. The molecular weight excluding hydrogens is 220 g/mol. The first-order valence-electron chi connectivity index (χ1n) is 4.87. The molecule has 0 atom stereocenters. The highest BCUT2D eigenvalue weighted by molar-refractivity contribution is 6.13. The fourth-order valence-corrected chi connectivity index (χ4v) is 1.26. The van der Waals surface area contributed by atoms with E-state index in [1.165, 1.54) is 6.92 Å². The molecule has 1 aromatic rings. The third-order valence-corrected chi connectivity index (χ3v) is 1.99. The molecule has 1 aromatic carbocycles. The van der Waals surface area contributed by atoms with E-state index in [1.807, 2.05) is 0 Å². The van der Waals surface area contributed by atoms with Crippen LogP contribution in [0.2, 0.25) is 0 Å². The molecule has 0 aliphatic carbocycles. The van der Waals surface area contributed by atoms with Crippen LogP contribution in [0, 0.1) is 11.3 Å². The Kier molecular flexibility index (Phi) is 4.06. The average Bonchev–Trinajstić information content (AvgIpc) is 2.29. The molecule has 0 fully saturated rings. The summed E-state index contributed by atoms with van der Waals surface area (Å²) in [6.45, 7) is 1.11. The van der Waals surface area contributed by atoms with Crippen LogP contribution in [-0.4, -0.2) is 18.5 Å². The van der Waals surface area contributed by atoms with Gasteiger partial charge in [-0.3, -0.25) is 4.79 Å². The summed E-state index contributed by atoms with van der Waals surface area (Å²) in [7, 11) is 0. The summed E-state index contributed by atoms with van der Waals surface area (Å²) in [6, 6.07) is 7.42. The number of nitrogen functional groups attached to an aromatic ring is 1. The summed E-state index contributed by atoms with van der Waals surface area (Å²) in [5.74, 6) is -0.440. The van der Waals surface area contributed by atoms with Crippen LogP contribution in [0.5, 0.6) is 0 Å². The molecule has 0 bridgehead atoms. The van der Waals surface area contributed by atoms with Crippen molar-refractivity contribution in [2.45, 2.75) is 6.92 Å². The van der Waals surface area contributed by atoms with Gasteiger partial charge in [0.1, 0.15) is 6.54 Å². The molecule has 0 saturated heterocycles. The number of nitrogens with two attached hydrogens (primary N) is 1. The summed E-state index contributed by atoms with van der Waals surface area (Å²) >= 11 is 0. The molecule has 17 heavy (non-hydrogen) atoms. The van der Waals surface area contributed by atoms with E-state index in [0.717, 1.165) is 4.90 Å². The molecule has 6 heteroatoms. The Balaban J connectivity index is 2.94. The molecule has 1 rings (SSSR count). The molecule has 0 heterocycles. The van der Waals surface area contributed by atoms with Crippen LogP contribution in [0.1, 0.15) is 6.92 Å². The van der Waals surface area contributed by atoms with Crippen LogP contribution in [0.4, 0.5) is 16.2 Å². The predicted molar refractivity (Wildman–Crippen MR) is 63.0 cm³/mol. The first-order valence-corrected chi connectivity index (χ1v) is 4.87. The first kappa shape index (κ1) is 12.5. The lowest BCUT2D eigenvalue weighted by Gasteiger charge is -2.18. The molecule has 0 saturated carbocycles. The molecule has 0 aromatic heterocycles. The number of rotatable bonds is 2. The van der Waals surface area contributed by atoms with Gasteiger partial charge in [0.05, 0.1) is 11.8 Å². The summed E-state index contributed by atoms with van der Waals surface area (Å²) < 4.78 is 0. The number of amides is 3. The smallest absolute Gasteiger partial charge is 0.329 e. The van der Waals surface area contributed by atoms with E-state index in [4.69, 9.17) is 11.0 Å². The van der Waals surface area contributed by atoms with Gasteiger partial charge >= 0.3 is 6.03 Å². The fraction of sp³-hybridized carbons (Fsp3) is 0.182. The first-order chi connectivity index (χ1) is 8.06. The summed E-state index contributed by atoms with van der Waals surface area (Å²) in [4.78, 5) is 24.0. The van der Waals surface area contributed by atoms with Crippen LogP contribution in [-0.2, 0) is 4.79 Å². The second-order valence-corrected chi connectivity index (χ2v) is 3.26. The molecule has 3 amide bonds. The Labute approximate surface area is 98.6 Å². The van der Waals surface area contributed by atoms with Gasteiger partial charge in [0, 0.05) is 12.6 Å². The number of benzene rings is 1. The van der Waals surface area contributed by atoms with Crippen molar-refractivity contribution in [2.24, 2.45) is 0 Å². The number of carbonyl (C=O) groups is 2. The van der Waals surface area contributed by atoms with Gasteiger partial charge in [-0.05, 0) is 24.3 Å². The molecule has 88 valence electrons. The predicted octanol–water partition coefficient (Wildman–Crippen LogP) is 0.855. The minimum absolute atomic E-state index is 0.155. The van der Waals surface area contributed by atoms with Crippen LogP contribution in [0.25, 0.3) is 0 Å². The average molecular weight is 232 g/mol. The number of nitriles is 1. The molecule has 0 aliphatic rings. The maximum atomic E-state index is 11.6. The van der Waals surface area contributed by atoms with Crippen molar-refractivity contribution in [3.8, 4) is 6.07 Å². The second-order valence-electron chi connectivity index (χ2n) is 3.26. The van der Waals surface area contributed by atoms with Gasteiger partial charge < -0.3 is 11.1 Å². The number of nitrogens with zero attached hydrogens (tertiary/aromatic N) is 2. The maximum Gasteiger partial charge on any atom is 0.329 e. The van der Waals surface area contributed by atoms with Crippen molar-refractivity contribution in [1.82, 2.24) is 5.32 Å². The zero-order valence-corrected chi connectivity index (χ0v) is 9.30. The molecular formula is C11H12N4O2. The van der Waals surface area contributed by atoms with E-state index >= 15 is 0 Å². The topological polar surface area (TPSA) is 99.2 Å². The standard InChI is InChI=1S/C11H12N4O2/c1-8(16)15(11(17)14-7-6-12)10-4-2-9(13)3-5-10/h2-5H,7,13H2,1H3,(H,14,17). The Hall–Kier alpha value is -2.55. The van der Waals surface area contributed by atoms with E-state index in [1.54, 1.807) is 30.3 Å². The minimum Gasteiger partial charge on any atom is -0.399 e. The van der Waals surface area contributed by atoms with Crippen molar-refractivity contribution in [2.75, 3.05) is 17.2 Å². The highest BCUT2D eigenvalue weighted by atomic mass is 16.2. The number of hydrogen-bond acceptors (Lipinski definition) is 4. The number of carbonyl (C=O) groups excluding carboxylic acids is 2. The van der Waals surface area contributed by atoms with Gasteiger partial charge in [0.2, 0.25) is 5.91 Å². The van der Waals surface area contributed by atoms with Crippen LogP contribution in [0.15, 0.2) is 24.3 Å². The van der Waals surface area contributed by atoms with Crippen molar-refractivity contribution in [1.29, 1.82) is 5.26 Å². The zero-order valence-electron chi connectivity index (χ0n) is 9.30. The monoisotopic (exact) mass is 232 g/mol. The Morgan fingerprint density at radius 1 is 1.41 bits per heavy atom. The number of hydrogen-bond donors (Lipinski definition) is 2. The van der Waals surface area contributed by atoms with E-state index in [9.17, 15) is 9.59 Å². The normalized spacial score (nSPS) is 9.18. The highest BCUT2D eigenvalue weighted by Crippen LogP contribution is 2.16. The van der Waals surface area contributed by atoms with Gasteiger partial charge in [-0.25, -0.2) is 9.69 Å². The van der Waals surface area contributed by atoms with E-state index in [0.29, 0.717) is 11.4 Å². The highest BCUT2D eigenvalue weighted by Gasteiger charge is 2.19. The lowest BCUT2D eigenvalue weighted by atomic mass is 10.2. The van der Waals surface area contributed by atoms with E-state index in [-0.39, 0.29) is 6.54 Å². The van der Waals surface area contributed by atoms with Crippen LogP contribution < -0.4 is 16.0 Å². The SMILES string of the molecule is CC(=O)N(C(=O)NCC#N)c1ccc(N)cc1. The number of imide groups is 1. The lowest BCUT2D eigenvalue weighted by molar-refractivity contribution is -0.115. The lowest BCUT2D eigenvalue weighted by Crippen LogP contribution is -2.43. The Bertz CT molecular complexity index is 461. The Morgan fingerprint density at radius 2 is 2.00 bits per heavy atom. The zero-order chi connectivity index (χ0) is 12.8. The quantitative estimate of drug-likeness (QED) is 0.583. The van der Waals surface area contributed by atoms with Gasteiger partial charge in [-0.1, -0.05) is 0 Å². The minimum atomic E-state index is -0.635. The van der Waals surface area contributed by atoms with Crippen LogP contribution in [0.3, 0.4) is 0 Å². The largest absolute Gasteiger partial charge is 0.399 e. The number of anilines is 2. The van der Waals surface area contributed by atoms with Crippen molar-refractivity contribution >= 4 is 23.3 Å². The van der Waals surface area contributed by atoms with Gasteiger partial charge in [0.15, 0.2) is 0 Å². The van der Waals surface area contributed by atoms with Crippen LogP contribution >= 0.6 is 0 Å². The van der Waals surface area contributed by atoms with Gasteiger partial charge in [-0.15, -0.1) is 0 Å². The maximum absolute atomic E-state index is 11.6. The van der Waals surface area contributed by atoms with Gasteiger partial charge in [0.25, 0.3) is 0 Å². The van der Waals surface area contributed by atoms with Crippen molar-refractivity contribution in [3.63, 3.8) is 0 Å². The third kappa shape index (κ3) is 3.21. The third-order valence-electron chi connectivity index (χ3n) is 1.99. The van der Waals surface area contributed by atoms with E-state index in [2.05, 4.69) is 5.32 Å². The van der Waals surface area contributed by atoms with Crippen molar-refractivity contribution in [3.05, 3.63) is 24.3 Å². The molecule has 0 aliphatic heterocycles. The molecule has 3 N–H and O–H groups in total. The molecule has 0 spiro atoms. The molecule has 0 unspecified atom stereocenters. The second kappa shape index (κ2) is 5.51. The summed E-state index contributed by atoms with van der Waals surface area (Å²) in [5.41, 5.74) is 6.45. The molecule has 0 radical (unpaired) electrons. The summed E-state index contributed by atoms with van der Waals surface area (Å²) in [5, 5.41) is 10.7. The molecule has 6 nitrogen and oxygen atoms in total.